The third-order valence-electron chi connectivity index (χ3n) is 3.29. The maximum atomic E-state index is 11.8. The van der Waals surface area contributed by atoms with Crippen molar-refractivity contribution in [3.05, 3.63) is 23.8 Å². The molecule has 0 saturated carbocycles. The van der Waals surface area contributed by atoms with Crippen LogP contribution >= 0.6 is 0 Å². The van der Waals surface area contributed by atoms with Crippen LogP contribution in [0.25, 0.3) is 0 Å². The summed E-state index contributed by atoms with van der Waals surface area (Å²) in [5, 5.41) is 7.86. The first-order chi connectivity index (χ1) is 9.84. The molecule has 0 heterocycles. The fourth-order valence-electron chi connectivity index (χ4n) is 2.10. The van der Waals surface area contributed by atoms with E-state index in [1.165, 1.54) is 18.9 Å². The van der Waals surface area contributed by atoms with Gasteiger partial charge in [-0.25, -0.2) is 13.6 Å². The van der Waals surface area contributed by atoms with Gasteiger partial charge in [0.25, 0.3) is 0 Å². The molecule has 0 aromatic heterocycles. The number of unbranched alkanes of at least 4 members (excludes halogenated alkanes) is 4. The van der Waals surface area contributed by atoms with Crippen LogP contribution in [0.1, 0.15) is 51.0 Å². The molecule has 1 aromatic rings. The van der Waals surface area contributed by atoms with Crippen molar-refractivity contribution in [2.75, 3.05) is 5.32 Å². The molecule has 1 rings (SSSR count). The third-order valence-corrected chi connectivity index (χ3v) is 4.34. The van der Waals surface area contributed by atoms with E-state index in [0.717, 1.165) is 19.3 Å². The number of aryl methyl sites for hydroxylation is 1. The van der Waals surface area contributed by atoms with E-state index >= 15 is 0 Å². The third kappa shape index (κ3) is 6.27. The average molecular weight is 312 g/mol. The van der Waals surface area contributed by atoms with E-state index in [1.54, 1.807) is 19.1 Å². The number of carbonyl (C=O) groups is 1. The highest BCUT2D eigenvalue weighted by atomic mass is 32.2. The molecule has 21 heavy (non-hydrogen) atoms. The summed E-state index contributed by atoms with van der Waals surface area (Å²) >= 11 is 0. The number of nitrogens with two attached hydrogens (primary N) is 1. The van der Waals surface area contributed by atoms with Crippen LogP contribution in [-0.2, 0) is 14.8 Å². The predicted octanol–water partition coefficient (Wildman–Crippen LogP) is 2.94. The van der Waals surface area contributed by atoms with Gasteiger partial charge in [0.1, 0.15) is 0 Å². The smallest absolute Gasteiger partial charge is 0.238 e. The molecule has 0 bridgehead atoms. The van der Waals surface area contributed by atoms with Crippen molar-refractivity contribution in [3.8, 4) is 0 Å². The molecule has 0 aliphatic carbocycles. The quantitative estimate of drug-likeness (QED) is 0.723. The van der Waals surface area contributed by atoms with Gasteiger partial charge in [-0.3, -0.25) is 4.79 Å². The summed E-state index contributed by atoms with van der Waals surface area (Å²) in [7, 11) is -3.77. The molecule has 0 aliphatic heterocycles. The molecular weight excluding hydrogens is 288 g/mol. The Balaban J connectivity index is 2.57. The van der Waals surface area contributed by atoms with Crippen LogP contribution in [0, 0.1) is 6.92 Å². The molecule has 0 unspecified atom stereocenters. The van der Waals surface area contributed by atoms with E-state index in [4.69, 9.17) is 5.14 Å². The van der Waals surface area contributed by atoms with E-state index in [1.807, 2.05) is 0 Å². The van der Waals surface area contributed by atoms with Gasteiger partial charge in [-0.1, -0.05) is 38.7 Å². The van der Waals surface area contributed by atoms with Crippen LogP contribution in [0.4, 0.5) is 5.69 Å². The molecule has 1 aromatic carbocycles. The number of carbonyl (C=O) groups excluding carboxylic acids is 1. The minimum absolute atomic E-state index is 0.0447. The predicted molar refractivity (Wildman–Crippen MR) is 84.6 cm³/mol. The second kappa shape index (κ2) is 8.14. The Kier molecular flexibility index (Phi) is 6.84. The minimum atomic E-state index is -3.77. The van der Waals surface area contributed by atoms with Gasteiger partial charge in [-0.2, -0.15) is 0 Å². The first-order valence-corrected chi connectivity index (χ1v) is 8.82. The number of sulfonamides is 1. The molecule has 0 spiro atoms. The highest BCUT2D eigenvalue weighted by Crippen LogP contribution is 2.19. The van der Waals surface area contributed by atoms with Crippen LogP contribution in [0.15, 0.2) is 23.1 Å². The highest BCUT2D eigenvalue weighted by Gasteiger charge is 2.13. The zero-order valence-electron chi connectivity index (χ0n) is 12.7. The lowest BCUT2D eigenvalue weighted by atomic mass is 10.1. The molecular formula is C15H24N2O3S. The van der Waals surface area contributed by atoms with Gasteiger partial charge in [0.05, 0.1) is 4.90 Å². The molecule has 0 saturated heterocycles. The fourth-order valence-corrected chi connectivity index (χ4v) is 2.91. The van der Waals surface area contributed by atoms with Crippen LogP contribution in [0.5, 0.6) is 0 Å². The normalized spacial score (nSPS) is 11.4. The van der Waals surface area contributed by atoms with Crippen LogP contribution in [0.3, 0.4) is 0 Å². The van der Waals surface area contributed by atoms with Gasteiger partial charge < -0.3 is 5.32 Å². The summed E-state index contributed by atoms with van der Waals surface area (Å²) in [6.07, 6.45) is 5.84. The van der Waals surface area contributed by atoms with Gasteiger partial charge >= 0.3 is 0 Å². The van der Waals surface area contributed by atoms with Gasteiger partial charge in [-0.15, -0.1) is 0 Å². The monoisotopic (exact) mass is 312 g/mol. The lowest BCUT2D eigenvalue weighted by Crippen LogP contribution is -2.15. The van der Waals surface area contributed by atoms with E-state index < -0.39 is 10.0 Å². The van der Waals surface area contributed by atoms with Crippen molar-refractivity contribution >= 4 is 21.6 Å². The number of amides is 1. The van der Waals surface area contributed by atoms with Crippen LogP contribution in [0.2, 0.25) is 0 Å². The lowest BCUT2D eigenvalue weighted by Gasteiger charge is -2.09. The number of anilines is 1. The minimum Gasteiger partial charge on any atom is -0.326 e. The van der Waals surface area contributed by atoms with Gasteiger partial charge in [-0.05, 0) is 31.0 Å². The van der Waals surface area contributed by atoms with E-state index in [-0.39, 0.29) is 10.8 Å². The van der Waals surface area contributed by atoms with Gasteiger partial charge in [0.15, 0.2) is 0 Å². The van der Waals surface area contributed by atoms with Crippen LogP contribution in [-0.4, -0.2) is 14.3 Å². The van der Waals surface area contributed by atoms with E-state index in [2.05, 4.69) is 12.2 Å². The molecule has 1 amide bonds. The summed E-state index contributed by atoms with van der Waals surface area (Å²) < 4.78 is 22.9. The second-order valence-corrected chi connectivity index (χ2v) is 6.77. The lowest BCUT2D eigenvalue weighted by molar-refractivity contribution is -0.116. The Morgan fingerprint density at radius 1 is 1.19 bits per heavy atom. The molecule has 0 atom stereocenters. The van der Waals surface area contributed by atoms with Gasteiger partial charge in [0, 0.05) is 12.1 Å². The Morgan fingerprint density at radius 2 is 1.86 bits per heavy atom. The average Bonchev–Trinajstić information content (AvgIpc) is 2.39. The summed E-state index contributed by atoms with van der Waals surface area (Å²) in [5.74, 6) is -0.101. The topological polar surface area (TPSA) is 89.3 Å². The van der Waals surface area contributed by atoms with Crippen molar-refractivity contribution in [1.29, 1.82) is 0 Å². The summed E-state index contributed by atoms with van der Waals surface area (Å²) in [5.41, 5.74) is 1.03. The van der Waals surface area contributed by atoms with Gasteiger partial charge in [0.2, 0.25) is 15.9 Å². The van der Waals surface area contributed by atoms with Crippen LogP contribution < -0.4 is 10.5 Å². The highest BCUT2D eigenvalue weighted by molar-refractivity contribution is 7.89. The SMILES string of the molecule is CCCCCCCC(=O)Nc1ccc(C)c(S(N)(=O)=O)c1. The number of primary sulfonamides is 1. The molecule has 6 heteroatoms. The van der Waals surface area contributed by atoms with Crippen molar-refractivity contribution in [2.24, 2.45) is 5.14 Å². The molecule has 0 aliphatic rings. The van der Waals surface area contributed by atoms with Crippen molar-refractivity contribution in [3.63, 3.8) is 0 Å². The largest absolute Gasteiger partial charge is 0.326 e. The number of nitrogens with one attached hydrogen (secondary N) is 1. The fraction of sp³-hybridized carbons (Fsp3) is 0.533. The summed E-state index contributed by atoms with van der Waals surface area (Å²) in [4.78, 5) is 11.8. The molecule has 3 N–H and O–H groups in total. The second-order valence-electron chi connectivity index (χ2n) is 5.24. The zero-order chi connectivity index (χ0) is 15.9. The van der Waals surface area contributed by atoms with Crippen molar-refractivity contribution in [2.45, 2.75) is 57.3 Å². The maximum absolute atomic E-state index is 11.8. The first-order valence-electron chi connectivity index (χ1n) is 7.28. The first kappa shape index (κ1) is 17.7. The zero-order valence-corrected chi connectivity index (χ0v) is 13.5. The Labute approximate surface area is 127 Å². The van der Waals surface area contributed by atoms with E-state index in [0.29, 0.717) is 17.7 Å². The van der Waals surface area contributed by atoms with E-state index in [9.17, 15) is 13.2 Å². The molecule has 5 nitrogen and oxygen atoms in total. The van der Waals surface area contributed by atoms with Crippen molar-refractivity contribution < 1.29 is 13.2 Å². The number of hydrogen-bond acceptors (Lipinski definition) is 3. The molecule has 0 radical (unpaired) electrons. The number of benzene rings is 1. The number of rotatable bonds is 8. The Hall–Kier alpha value is -1.40. The van der Waals surface area contributed by atoms with Crippen molar-refractivity contribution in [1.82, 2.24) is 0 Å². The standard InChI is InChI=1S/C15H24N2O3S/c1-3-4-5-6-7-8-15(18)17-13-10-9-12(2)14(11-13)21(16,19)20/h9-11H,3-8H2,1-2H3,(H,17,18)(H2,16,19,20). The Bertz CT molecular complexity index is 583. The Morgan fingerprint density at radius 3 is 2.48 bits per heavy atom. The number of hydrogen-bond donors (Lipinski definition) is 2. The summed E-state index contributed by atoms with van der Waals surface area (Å²) in [6, 6.07) is 4.72. The maximum Gasteiger partial charge on any atom is 0.238 e. The molecule has 118 valence electrons. The molecule has 0 fully saturated rings. The summed E-state index contributed by atoms with van der Waals surface area (Å²) in [6.45, 7) is 3.81.